The molecule has 2 amide bonds. The number of unbranched alkanes of at least 4 members (excludes halogenated alkanes) is 10. The molecule has 0 aliphatic carbocycles. The van der Waals surface area contributed by atoms with Crippen LogP contribution in [0.1, 0.15) is 103 Å². The lowest BCUT2D eigenvalue weighted by atomic mass is 10.0. The van der Waals surface area contributed by atoms with Gasteiger partial charge >= 0.3 is 0 Å². The molecule has 2 heterocycles. The van der Waals surface area contributed by atoms with Crippen molar-refractivity contribution >= 4 is 17.6 Å². The van der Waals surface area contributed by atoms with Gasteiger partial charge in [-0.3, -0.25) is 9.59 Å². The summed E-state index contributed by atoms with van der Waals surface area (Å²) in [5.41, 5.74) is 0. The Kier molecular flexibility index (Phi) is 13.0. The van der Waals surface area contributed by atoms with E-state index in [2.05, 4.69) is 17.4 Å². The van der Waals surface area contributed by atoms with Gasteiger partial charge in [0.15, 0.2) is 5.82 Å². The van der Waals surface area contributed by atoms with Crippen LogP contribution in [0.4, 0.5) is 5.82 Å². The van der Waals surface area contributed by atoms with Gasteiger partial charge in [-0.1, -0.05) is 76.3 Å². The molecule has 1 aromatic heterocycles. The van der Waals surface area contributed by atoms with Crippen molar-refractivity contribution in [3.05, 3.63) is 11.8 Å². The van der Waals surface area contributed by atoms with Gasteiger partial charge in [-0.2, -0.15) is 0 Å². The Labute approximate surface area is 193 Å². The van der Waals surface area contributed by atoms with Crippen LogP contribution in [0.3, 0.4) is 0 Å². The normalized spacial score (nSPS) is 15.8. The van der Waals surface area contributed by atoms with E-state index in [1.807, 2.05) is 0 Å². The maximum atomic E-state index is 12.8. The van der Waals surface area contributed by atoms with Gasteiger partial charge in [0.1, 0.15) is 5.76 Å². The maximum Gasteiger partial charge on any atom is 0.245 e. The molecule has 182 valence electrons. The van der Waals surface area contributed by atoms with Crippen LogP contribution in [0.15, 0.2) is 10.6 Å². The van der Waals surface area contributed by atoms with Gasteiger partial charge in [-0.05, 0) is 26.2 Å². The SMILES string of the molecule is CCCCCCCCCCCCCC(=O)N(CC(=O)Nc1cc(C)on1)C[C@H]1CCCO1. The van der Waals surface area contributed by atoms with Crippen molar-refractivity contribution in [3.8, 4) is 0 Å². The number of amides is 2. The van der Waals surface area contributed by atoms with Crippen LogP contribution in [0, 0.1) is 6.92 Å². The van der Waals surface area contributed by atoms with Crippen molar-refractivity contribution < 1.29 is 18.8 Å². The fourth-order valence-corrected chi connectivity index (χ4v) is 4.17. The lowest BCUT2D eigenvalue weighted by Gasteiger charge is -2.25. The summed E-state index contributed by atoms with van der Waals surface area (Å²) < 4.78 is 10.7. The predicted octanol–water partition coefficient (Wildman–Crippen LogP) is 5.63. The number of hydrogen-bond acceptors (Lipinski definition) is 5. The quantitative estimate of drug-likeness (QED) is 0.312. The average Bonchev–Trinajstić information content (AvgIpc) is 3.43. The van der Waals surface area contributed by atoms with Crippen LogP contribution < -0.4 is 5.32 Å². The smallest absolute Gasteiger partial charge is 0.245 e. The summed E-state index contributed by atoms with van der Waals surface area (Å²) in [5.74, 6) is 0.776. The number of aromatic nitrogens is 1. The second-order valence-corrected chi connectivity index (χ2v) is 9.07. The summed E-state index contributed by atoms with van der Waals surface area (Å²) in [5, 5.41) is 6.49. The third kappa shape index (κ3) is 11.1. The molecule has 0 radical (unpaired) electrons. The molecule has 1 fully saturated rings. The molecule has 7 nitrogen and oxygen atoms in total. The molecule has 1 aliphatic rings. The van der Waals surface area contributed by atoms with Crippen molar-refractivity contribution in [1.82, 2.24) is 10.1 Å². The van der Waals surface area contributed by atoms with Crippen molar-refractivity contribution in [1.29, 1.82) is 0 Å². The topological polar surface area (TPSA) is 84.7 Å². The Hall–Kier alpha value is -1.89. The lowest BCUT2D eigenvalue weighted by Crippen LogP contribution is -2.42. The first-order valence-electron chi connectivity index (χ1n) is 12.7. The summed E-state index contributed by atoms with van der Waals surface area (Å²) in [4.78, 5) is 26.9. The molecule has 1 aromatic rings. The minimum Gasteiger partial charge on any atom is -0.376 e. The summed E-state index contributed by atoms with van der Waals surface area (Å²) in [6.07, 6.45) is 16.2. The number of hydrogen-bond donors (Lipinski definition) is 1. The number of carbonyl (C=O) groups is 2. The molecule has 32 heavy (non-hydrogen) atoms. The van der Waals surface area contributed by atoms with Crippen LogP contribution in [-0.2, 0) is 14.3 Å². The van der Waals surface area contributed by atoms with Gasteiger partial charge in [-0.25, -0.2) is 0 Å². The van der Waals surface area contributed by atoms with E-state index in [0.29, 0.717) is 24.5 Å². The first-order valence-corrected chi connectivity index (χ1v) is 12.7. The summed E-state index contributed by atoms with van der Waals surface area (Å²) in [7, 11) is 0. The van der Waals surface area contributed by atoms with E-state index in [1.165, 1.54) is 57.8 Å². The van der Waals surface area contributed by atoms with Crippen molar-refractivity contribution in [3.63, 3.8) is 0 Å². The van der Waals surface area contributed by atoms with Crippen molar-refractivity contribution in [2.24, 2.45) is 0 Å². The number of anilines is 1. The van der Waals surface area contributed by atoms with Gasteiger partial charge in [0.2, 0.25) is 11.8 Å². The first kappa shape index (κ1) is 26.4. The Balaban J connectivity index is 1.64. The number of nitrogens with zero attached hydrogens (tertiary/aromatic N) is 2. The lowest BCUT2D eigenvalue weighted by molar-refractivity contribution is -0.136. The van der Waals surface area contributed by atoms with Gasteiger partial charge in [0.05, 0.1) is 12.6 Å². The van der Waals surface area contributed by atoms with Gasteiger partial charge in [0.25, 0.3) is 0 Å². The minimum atomic E-state index is -0.261. The zero-order chi connectivity index (χ0) is 23.0. The summed E-state index contributed by atoms with van der Waals surface area (Å²) >= 11 is 0. The largest absolute Gasteiger partial charge is 0.376 e. The van der Waals surface area contributed by atoms with E-state index in [9.17, 15) is 9.59 Å². The van der Waals surface area contributed by atoms with Gasteiger partial charge in [0, 0.05) is 25.6 Å². The Morgan fingerprint density at radius 2 is 1.72 bits per heavy atom. The summed E-state index contributed by atoms with van der Waals surface area (Å²) in [6.45, 7) is 5.24. The zero-order valence-corrected chi connectivity index (χ0v) is 20.2. The van der Waals surface area contributed by atoms with Gasteiger partial charge in [-0.15, -0.1) is 0 Å². The first-order chi connectivity index (χ1) is 15.6. The van der Waals surface area contributed by atoms with Crippen LogP contribution in [0.2, 0.25) is 0 Å². The van der Waals surface area contributed by atoms with Crippen LogP contribution in [0.25, 0.3) is 0 Å². The standard InChI is InChI=1S/C25H43N3O4/c1-3-4-5-6-7-8-9-10-11-12-13-16-25(30)28(19-22-15-14-17-31-22)20-24(29)26-23-18-21(2)32-27-23/h18,22H,3-17,19-20H2,1-2H3,(H,26,27,29)/t22-/m1/s1. The highest BCUT2D eigenvalue weighted by molar-refractivity contribution is 5.93. The summed E-state index contributed by atoms with van der Waals surface area (Å²) in [6, 6.07) is 1.66. The van der Waals surface area contributed by atoms with Crippen LogP contribution in [-0.4, -0.2) is 47.7 Å². The second kappa shape index (κ2) is 15.8. The Morgan fingerprint density at radius 3 is 2.28 bits per heavy atom. The molecule has 0 aromatic carbocycles. The fraction of sp³-hybridized carbons (Fsp3) is 0.800. The molecule has 0 unspecified atom stereocenters. The number of ether oxygens (including phenoxy) is 1. The van der Waals surface area contributed by atoms with E-state index in [-0.39, 0.29) is 24.5 Å². The van der Waals surface area contributed by atoms with Crippen molar-refractivity contribution in [2.75, 3.05) is 25.0 Å². The fourth-order valence-electron chi connectivity index (χ4n) is 4.17. The molecular weight excluding hydrogens is 406 g/mol. The third-order valence-corrected chi connectivity index (χ3v) is 6.02. The molecule has 0 bridgehead atoms. The molecule has 1 N–H and O–H groups in total. The van der Waals surface area contributed by atoms with E-state index in [0.717, 1.165) is 32.3 Å². The highest BCUT2D eigenvalue weighted by Crippen LogP contribution is 2.16. The molecule has 7 heteroatoms. The maximum absolute atomic E-state index is 12.8. The molecule has 1 saturated heterocycles. The third-order valence-electron chi connectivity index (χ3n) is 6.02. The highest BCUT2D eigenvalue weighted by atomic mass is 16.5. The van der Waals surface area contributed by atoms with Crippen LogP contribution in [0.5, 0.6) is 0 Å². The number of rotatable bonds is 17. The predicted molar refractivity (Wildman–Crippen MR) is 127 cm³/mol. The molecule has 0 saturated carbocycles. The Bertz CT molecular complexity index is 655. The Morgan fingerprint density at radius 1 is 1.06 bits per heavy atom. The molecular formula is C25H43N3O4. The minimum absolute atomic E-state index is 0.0165. The van der Waals surface area contributed by atoms with Crippen LogP contribution >= 0.6 is 0 Å². The monoisotopic (exact) mass is 449 g/mol. The van der Waals surface area contributed by atoms with E-state index in [1.54, 1.807) is 17.9 Å². The molecule has 1 aliphatic heterocycles. The van der Waals surface area contributed by atoms with E-state index in [4.69, 9.17) is 9.26 Å². The zero-order valence-electron chi connectivity index (χ0n) is 20.2. The second-order valence-electron chi connectivity index (χ2n) is 9.07. The van der Waals surface area contributed by atoms with Crippen molar-refractivity contribution in [2.45, 2.75) is 110 Å². The van der Waals surface area contributed by atoms with Gasteiger partial charge < -0.3 is 19.5 Å². The van der Waals surface area contributed by atoms with E-state index >= 15 is 0 Å². The van der Waals surface area contributed by atoms with E-state index < -0.39 is 0 Å². The molecule has 1 atom stereocenters. The number of carbonyl (C=O) groups excluding carboxylic acids is 2. The average molecular weight is 450 g/mol. The highest BCUT2D eigenvalue weighted by Gasteiger charge is 2.24. The number of nitrogens with one attached hydrogen (secondary N) is 1. The molecule has 0 spiro atoms. The molecule has 2 rings (SSSR count). The number of aryl methyl sites for hydroxylation is 1.